The van der Waals surface area contributed by atoms with Gasteiger partial charge < -0.3 is 15.5 Å². The number of rotatable bonds is 5. The fourth-order valence-electron chi connectivity index (χ4n) is 1.87. The van der Waals surface area contributed by atoms with E-state index in [4.69, 9.17) is 10.6 Å². The lowest BCUT2D eigenvalue weighted by atomic mass is 10.0. The Morgan fingerprint density at radius 2 is 1.95 bits per heavy atom. The molecule has 0 aliphatic heterocycles. The van der Waals surface area contributed by atoms with Crippen molar-refractivity contribution < 1.29 is 4.74 Å². The lowest BCUT2D eigenvalue weighted by Crippen LogP contribution is -2.11. The average molecular weight is 273 g/mol. The average Bonchev–Trinajstić information content (AvgIpc) is 2.47. The zero-order valence-electron chi connectivity index (χ0n) is 11.8. The van der Waals surface area contributed by atoms with Gasteiger partial charge in [-0.25, -0.2) is 15.8 Å². The minimum Gasteiger partial charge on any atom is -0.490 e. The number of hydrogen-bond acceptors (Lipinski definition) is 6. The molecule has 0 amide bonds. The molecule has 0 saturated heterocycles. The predicted molar refractivity (Wildman–Crippen MR) is 80.2 cm³/mol. The highest BCUT2D eigenvalue weighted by molar-refractivity contribution is 5.69. The Hall–Kier alpha value is -2.34. The van der Waals surface area contributed by atoms with Crippen LogP contribution in [0.1, 0.15) is 25.3 Å². The molecule has 4 N–H and O–H groups in total. The molecular formula is C14H19N5O. The van der Waals surface area contributed by atoms with E-state index >= 15 is 0 Å². The van der Waals surface area contributed by atoms with Gasteiger partial charge in [-0.15, -0.1) is 0 Å². The van der Waals surface area contributed by atoms with Gasteiger partial charge in [0.25, 0.3) is 0 Å². The largest absolute Gasteiger partial charge is 0.490 e. The van der Waals surface area contributed by atoms with Crippen LogP contribution in [0.2, 0.25) is 0 Å². The Morgan fingerprint density at radius 1 is 1.20 bits per heavy atom. The highest BCUT2D eigenvalue weighted by Gasteiger charge is 2.11. The Balaban J connectivity index is 2.32. The molecule has 1 aromatic heterocycles. The van der Waals surface area contributed by atoms with Crippen molar-refractivity contribution in [2.45, 2.75) is 19.8 Å². The summed E-state index contributed by atoms with van der Waals surface area (Å²) in [5, 5.41) is 3.22. The summed E-state index contributed by atoms with van der Waals surface area (Å²) in [4.78, 5) is 8.19. The number of hydrazine groups is 1. The van der Waals surface area contributed by atoms with Crippen molar-refractivity contribution in [3.63, 3.8) is 0 Å². The van der Waals surface area contributed by atoms with Crippen LogP contribution in [0.15, 0.2) is 30.6 Å². The van der Waals surface area contributed by atoms with Gasteiger partial charge in [0.2, 0.25) is 5.75 Å². The third kappa shape index (κ3) is 2.97. The summed E-state index contributed by atoms with van der Waals surface area (Å²) in [6.07, 6.45) is 1.42. The van der Waals surface area contributed by atoms with Gasteiger partial charge in [0.1, 0.15) is 6.33 Å². The third-order valence-electron chi connectivity index (χ3n) is 2.96. The first kappa shape index (κ1) is 14.1. The molecule has 1 aromatic carbocycles. The van der Waals surface area contributed by atoms with Crippen LogP contribution in [-0.4, -0.2) is 17.1 Å². The Morgan fingerprint density at radius 3 is 2.60 bits per heavy atom. The Labute approximate surface area is 118 Å². The van der Waals surface area contributed by atoms with E-state index in [9.17, 15) is 0 Å². The minimum absolute atomic E-state index is 0.435. The SMILES string of the molecule is COc1c(NN)ncnc1Nc1cccc(C(C)C)c1. The maximum atomic E-state index is 5.40. The number of anilines is 3. The third-order valence-corrected chi connectivity index (χ3v) is 2.96. The van der Waals surface area contributed by atoms with Crippen LogP contribution < -0.4 is 21.3 Å². The van der Waals surface area contributed by atoms with E-state index in [1.165, 1.54) is 11.9 Å². The molecule has 0 aliphatic carbocycles. The monoisotopic (exact) mass is 273 g/mol. The fraction of sp³-hybridized carbons (Fsp3) is 0.286. The van der Waals surface area contributed by atoms with Gasteiger partial charge in [-0.2, -0.15) is 0 Å². The summed E-state index contributed by atoms with van der Waals surface area (Å²) < 4.78 is 5.29. The Bertz CT molecular complexity index is 586. The topological polar surface area (TPSA) is 85.1 Å². The first-order chi connectivity index (χ1) is 9.65. The highest BCUT2D eigenvalue weighted by atomic mass is 16.5. The summed E-state index contributed by atoms with van der Waals surface area (Å²) in [5.74, 6) is 7.35. The summed E-state index contributed by atoms with van der Waals surface area (Å²) >= 11 is 0. The summed E-state index contributed by atoms with van der Waals surface area (Å²) in [6, 6.07) is 8.16. The normalized spacial score (nSPS) is 10.4. The van der Waals surface area contributed by atoms with Gasteiger partial charge in [0.05, 0.1) is 7.11 Å². The van der Waals surface area contributed by atoms with Crippen molar-refractivity contribution in [1.82, 2.24) is 9.97 Å². The molecule has 0 unspecified atom stereocenters. The molecule has 106 valence electrons. The van der Waals surface area contributed by atoms with Gasteiger partial charge in [-0.3, -0.25) is 0 Å². The number of benzene rings is 1. The number of nitrogens with one attached hydrogen (secondary N) is 2. The molecule has 0 atom stereocenters. The summed E-state index contributed by atoms with van der Waals surface area (Å²) in [7, 11) is 1.55. The number of methoxy groups -OCH3 is 1. The van der Waals surface area contributed by atoms with E-state index in [-0.39, 0.29) is 0 Å². The number of hydrogen-bond donors (Lipinski definition) is 3. The predicted octanol–water partition coefficient (Wildman–Crippen LogP) is 2.64. The van der Waals surface area contributed by atoms with Gasteiger partial charge >= 0.3 is 0 Å². The molecule has 0 fully saturated rings. The second-order valence-corrected chi connectivity index (χ2v) is 4.65. The number of nitrogens with two attached hydrogens (primary N) is 1. The summed E-state index contributed by atoms with van der Waals surface area (Å²) in [6.45, 7) is 4.31. The van der Waals surface area contributed by atoms with Crippen LogP contribution in [0.4, 0.5) is 17.3 Å². The molecule has 1 heterocycles. The first-order valence-corrected chi connectivity index (χ1v) is 6.38. The van der Waals surface area contributed by atoms with Crippen molar-refractivity contribution in [2.24, 2.45) is 5.84 Å². The molecule has 0 spiro atoms. The molecule has 0 radical (unpaired) electrons. The van der Waals surface area contributed by atoms with E-state index in [0.29, 0.717) is 23.3 Å². The lowest BCUT2D eigenvalue weighted by molar-refractivity contribution is 0.415. The van der Waals surface area contributed by atoms with Crippen molar-refractivity contribution in [3.05, 3.63) is 36.2 Å². The van der Waals surface area contributed by atoms with Gasteiger partial charge in [-0.05, 0) is 23.6 Å². The van der Waals surface area contributed by atoms with E-state index in [1.54, 1.807) is 7.11 Å². The zero-order chi connectivity index (χ0) is 14.5. The highest BCUT2D eigenvalue weighted by Crippen LogP contribution is 2.31. The first-order valence-electron chi connectivity index (χ1n) is 6.38. The summed E-state index contributed by atoms with van der Waals surface area (Å²) in [5.41, 5.74) is 4.68. The minimum atomic E-state index is 0.435. The van der Waals surface area contributed by atoms with Crippen LogP contribution in [0, 0.1) is 0 Å². The molecule has 0 bridgehead atoms. The van der Waals surface area contributed by atoms with E-state index in [0.717, 1.165) is 5.69 Å². The number of aromatic nitrogens is 2. The second-order valence-electron chi connectivity index (χ2n) is 4.65. The number of ether oxygens (including phenoxy) is 1. The molecule has 2 rings (SSSR count). The molecule has 20 heavy (non-hydrogen) atoms. The van der Waals surface area contributed by atoms with Gasteiger partial charge in [-0.1, -0.05) is 26.0 Å². The molecular weight excluding hydrogens is 254 g/mol. The van der Waals surface area contributed by atoms with Crippen molar-refractivity contribution >= 4 is 17.3 Å². The standard InChI is InChI=1S/C14H19N5O/c1-9(2)10-5-4-6-11(7-10)18-13-12(20-3)14(19-15)17-8-16-13/h4-9H,15H2,1-3H3,(H2,16,17,18,19). The molecule has 6 nitrogen and oxygen atoms in total. The van der Waals surface area contributed by atoms with E-state index < -0.39 is 0 Å². The Kier molecular flexibility index (Phi) is 4.37. The smallest absolute Gasteiger partial charge is 0.205 e. The van der Waals surface area contributed by atoms with Crippen molar-refractivity contribution in [3.8, 4) is 5.75 Å². The lowest BCUT2D eigenvalue weighted by Gasteiger charge is -2.13. The van der Waals surface area contributed by atoms with Crippen LogP contribution in [0.3, 0.4) is 0 Å². The zero-order valence-corrected chi connectivity index (χ0v) is 11.8. The van der Waals surface area contributed by atoms with Crippen molar-refractivity contribution in [2.75, 3.05) is 17.9 Å². The fourth-order valence-corrected chi connectivity index (χ4v) is 1.87. The maximum Gasteiger partial charge on any atom is 0.205 e. The number of nitrogen functional groups attached to an aromatic ring is 1. The number of nitrogens with zero attached hydrogens (tertiary/aromatic N) is 2. The van der Waals surface area contributed by atoms with Crippen molar-refractivity contribution in [1.29, 1.82) is 0 Å². The molecule has 2 aromatic rings. The quantitative estimate of drug-likeness (QED) is 0.573. The molecule has 6 heteroatoms. The molecule has 0 aliphatic rings. The van der Waals surface area contributed by atoms with Crippen LogP contribution >= 0.6 is 0 Å². The van der Waals surface area contributed by atoms with Gasteiger partial charge in [0, 0.05) is 5.69 Å². The molecule has 0 saturated carbocycles. The maximum absolute atomic E-state index is 5.40. The van der Waals surface area contributed by atoms with Crippen LogP contribution in [0.5, 0.6) is 5.75 Å². The van der Waals surface area contributed by atoms with E-state index in [2.05, 4.69) is 46.7 Å². The second kappa shape index (κ2) is 6.21. The van der Waals surface area contributed by atoms with Crippen LogP contribution in [-0.2, 0) is 0 Å². The van der Waals surface area contributed by atoms with Gasteiger partial charge in [0.15, 0.2) is 11.6 Å². The van der Waals surface area contributed by atoms with Crippen LogP contribution in [0.25, 0.3) is 0 Å². The van der Waals surface area contributed by atoms with E-state index in [1.807, 2.05) is 12.1 Å².